The molecule has 0 aliphatic rings. The molecule has 2 amide bonds. The van der Waals surface area contributed by atoms with Crippen LogP contribution in [0.25, 0.3) is 11.1 Å². The van der Waals surface area contributed by atoms with E-state index in [1.54, 1.807) is 17.0 Å². The highest BCUT2D eigenvalue weighted by molar-refractivity contribution is 9.10. The maximum Gasteiger partial charge on any atom is 0.414 e. The minimum atomic E-state index is -0.638. The lowest BCUT2D eigenvalue weighted by molar-refractivity contribution is 0.0580. The molecule has 8 nitrogen and oxygen atoms in total. The lowest BCUT2D eigenvalue weighted by Gasteiger charge is -2.28. The molecule has 0 atom stereocenters. The first-order valence-corrected chi connectivity index (χ1v) is 12.7. The maximum absolute atomic E-state index is 13.2. The van der Waals surface area contributed by atoms with Crippen LogP contribution in [0.15, 0.2) is 58.3 Å². The average Bonchev–Trinajstić information content (AvgIpc) is 3.17. The first kappa shape index (κ1) is 26.5. The van der Waals surface area contributed by atoms with Gasteiger partial charge in [-0.15, -0.1) is 4.91 Å². The molecule has 0 aliphatic heterocycles. The van der Waals surface area contributed by atoms with Crippen molar-refractivity contribution in [2.75, 3.05) is 16.8 Å². The normalized spacial score (nSPS) is 11.1. The highest BCUT2D eigenvalue weighted by Crippen LogP contribution is 2.36. The molecule has 0 saturated heterocycles. The Kier molecular flexibility index (Phi) is 8.74. The highest BCUT2D eigenvalue weighted by atomic mass is 79.9. The third-order valence-corrected chi connectivity index (χ3v) is 6.53. The number of anilines is 2. The van der Waals surface area contributed by atoms with Crippen LogP contribution in [-0.2, 0) is 4.74 Å². The van der Waals surface area contributed by atoms with Crippen LogP contribution in [0.5, 0.6) is 0 Å². The Labute approximate surface area is 216 Å². The van der Waals surface area contributed by atoms with Gasteiger partial charge in [-0.05, 0) is 77.6 Å². The largest absolute Gasteiger partial charge is 0.443 e. The van der Waals surface area contributed by atoms with Gasteiger partial charge in [0.15, 0.2) is 10.1 Å². The van der Waals surface area contributed by atoms with Gasteiger partial charge in [-0.1, -0.05) is 55.0 Å². The van der Waals surface area contributed by atoms with E-state index in [4.69, 9.17) is 4.74 Å². The Morgan fingerprint density at radius 1 is 1.17 bits per heavy atom. The summed E-state index contributed by atoms with van der Waals surface area (Å²) in [4.78, 5) is 42.8. The number of hydrogen-bond acceptors (Lipinski definition) is 7. The van der Waals surface area contributed by atoms with E-state index in [2.05, 4.69) is 38.3 Å². The SMILES string of the molecule is CCCCN(C(=O)OC(C)(C)C)c1ccc(C(=O)Nc2nc(Br)c(N=O)s2)c(-c2ccccc2)c1. The number of nitrogens with one attached hydrogen (secondary N) is 1. The number of thiazole rings is 1. The number of carbonyl (C=O) groups is 2. The van der Waals surface area contributed by atoms with E-state index in [0.29, 0.717) is 23.4 Å². The number of unbranched alkanes of at least 4 members (excludes halogenated alkanes) is 1. The van der Waals surface area contributed by atoms with Crippen LogP contribution in [-0.4, -0.2) is 29.1 Å². The predicted octanol–water partition coefficient (Wildman–Crippen LogP) is 7.76. The van der Waals surface area contributed by atoms with Crippen molar-refractivity contribution >= 4 is 55.1 Å². The third kappa shape index (κ3) is 6.95. The van der Waals surface area contributed by atoms with Gasteiger partial charge < -0.3 is 4.74 Å². The van der Waals surface area contributed by atoms with Crippen LogP contribution in [0.3, 0.4) is 0 Å². The zero-order valence-electron chi connectivity index (χ0n) is 20.0. The molecule has 0 radical (unpaired) electrons. The van der Waals surface area contributed by atoms with Gasteiger partial charge in [0.25, 0.3) is 5.91 Å². The first-order chi connectivity index (χ1) is 16.6. The molecule has 35 heavy (non-hydrogen) atoms. The number of halogens is 1. The monoisotopic (exact) mass is 558 g/mol. The molecule has 0 saturated carbocycles. The molecule has 0 aliphatic carbocycles. The number of ether oxygens (including phenoxy) is 1. The second kappa shape index (κ2) is 11.5. The van der Waals surface area contributed by atoms with Crippen LogP contribution < -0.4 is 10.2 Å². The number of nitrogens with zero attached hydrogens (tertiary/aromatic N) is 3. The van der Waals surface area contributed by atoms with Gasteiger partial charge in [-0.3, -0.25) is 15.0 Å². The quantitative estimate of drug-likeness (QED) is 0.284. The molecule has 0 spiro atoms. The van der Waals surface area contributed by atoms with Crippen LogP contribution in [0.1, 0.15) is 50.9 Å². The summed E-state index contributed by atoms with van der Waals surface area (Å²) >= 11 is 4.13. The summed E-state index contributed by atoms with van der Waals surface area (Å²) in [6.45, 7) is 8.02. The van der Waals surface area contributed by atoms with Gasteiger partial charge in [-0.25, -0.2) is 9.78 Å². The van der Waals surface area contributed by atoms with Crippen molar-refractivity contribution in [3.63, 3.8) is 0 Å². The molecule has 0 fully saturated rings. The third-order valence-electron chi connectivity index (χ3n) is 4.87. The van der Waals surface area contributed by atoms with E-state index >= 15 is 0 Å². The highest BCUT2D eigenvalue weighted by Gasteiger charge is 2.25. The zero-order valence-corrected chi connectivity index (χ0v) is 22.4. The van der Waals surface area contributed by atoms with Gasteiger partial charge in [-0.2, -0.15) is 0 Å². The fraction of sp³-hybridized carbons (Fsp3) is 0.320. The molecule has 10 heteroatoms. The number of rotatable bonds is 8. The van der Waals surface area contributed by atoms with Crippen LogP contribution in [0.2, 0.25) is 0 Å². The maximum atomic E-state index is 13.2. The smallest absolute Gasteiger partial charge is 0.414 e. The van der Waals surface area contributed by atoms with E-state index in [-0.39, 0.29) is 14.7 Å². The molecule has 2 aromatic carbocycles. The summed E-state index contributed by atoms with van der Waals surface area (Å²) in [6.07, 6.45) is 1.27. The number of carbonyl (C=O) groups excluding carboxylic acids is 2. The number of amides is 2. The first-order valence-electron chi connectivity index (χ1n) is 11.1. The van der Waals surface area contributed by atoms with Crippen molar-refractivity contribution in [3.05, 3.63) is 63.6 Å². The molecule has 1 heterocycles. The zero-order chi connectivity index (χ0) is 25.6. The van der Waals surface area contributed by atoms with Crippen molar-refractivity contribution < 1.29 is 14.3 Å². The summed E-state index contributed by atoms with van der Waals surface area (Å²) in [6, 6.07) is 14.7. The van der Waals surface area contributed by atoms with E-state index in [1.807, 2.05) is 57.2 Å². The van der Waals surface area contributed by atoms with Crippen molar-refractivity contribution in [2.45, 2.75) is 46.1 Å². The van der Waals surface area contributed by atoms with Crippen molar-refractivity contribution in [1.82, 2.24) is 4.98 Å². The number of hydrogen-bond donors (Lipinski definition) is 1. The molecule has 0 unspecified atom stereocenters. The molecule has 3 rings (SSSR count). The molecular formula is C25H27BrN4O4S. The van der Waals surface area contributed by atoms with Crippen molar-refractivity contribution in [2.24, 2.45) is 5.18 Å². The summed E-state index contributed by atoms with van der Waals surface area (Å²) in [5.74, 6) is -0.397. The molecule has 1 aromatic heterocycles. The Hall–Kier alpha value is -3.11. The number of nitroso groups, excluding NO2 is 1. The number of benzene rings is 2. The van der Waals surface area contributed by atoms with Gasteiger partial charge in [0.1, 0.15) is 10.2 Å². The summed E-state index contributed by atoms with van der Waals surface area (Å²) < 4.78 is 5.91. The summed E-state index contributed by atoms with van der Waals surface area (Å²) in [5.41, 5.74) is 1.85. The Morgan fingerprint density at radius 2 is 1.89 bits per heavy atom. The summed E-state index contributed by atoms with van der Waals surface area (Å²) in [7, 11) is 0. The van der Waals surface area contributed by atoms with Gasteiger partial charge in [0, 0.05) is 17.8 Å². The lowest BCUT2D eigenvalue weighted by atomic mass is 9.98. The summed E-state index contributed by atoms with van der Waals surface area (Å²) in [5, 5.41) is 6.02. The Bertz CT molecular complexity index is 1210. The fourth-order valence-electron chi connectivity index (χ4n) is 3.28. The second-order valence-electron chi connectivity index (χ2n) is 8.74. The molecule has 3 aromatic rings. The molecule has 184 valence electrons. The Morgan fingerprint density at radius 3 is 2.49 bits per heavy atom. The topological polar surface area (TPSA) is 101 Å². The minimum Gasteiger partial charge on any atom is -0.443 e. The van der Waals surface area contributed by atoms with E-state index in [0.717, 1.165) is 29.7 Å². The average molecular weight is 559 g/mol. The van der Waals surface area contributed by atoms with Crippen LogP contribution in [0, 0.1) is 4.91 Å². The van der Waals surface area contributed by atoms with Crippen LogP contribution >= 0.6 is 27.3 Å². The standard InChI is InChI=1S/C25H27BrN4O4S/c1-5-6-14-30(24(32)34-25(2,3)4)17-12-13-18(19(15-17)16-10-8-7-9-11-16)21(31)28-23-27-20(26)22(29-33)35-23/h7-13,15H,5-6,14H2,1-4H3,(H,27,28,31). The van der Waals surface area contributed by atoms with Gasteiger partial charge in [0.2, 0.25) is 0 Å². The van der Waals surface area contributed by atoms with E-state index in [9.17, 15) is 14.5 Å². The van der Waals surface area contributed by atoms with Crippen molar-refractivity contribution in [1.29, 1.82) is 0 Å². The number of aromatic nitrogens is 1. The Balaban J connectivity index is 2.02. The van der Waals surface area contributed by atoms with Crippen LogP contribution in [0.4, 0.5) is 20.6 Å². The molecule has 1 N–H and O–H groups in total. The minimum absolute atomic E-state index is 0.142. The molecule has 0 bridgehead atoms. The van der Waals surface area contributed by atoms with Gasteiger partial charge in [0.05, 0.1) is 0 Å². The van der Waals surface area contributed by atoms with E-state index < -0.39 is 17.6 Å². The van der Waals surface area contributed by atoms with Crippen molar-refractivity contribution in [3.8, 4) is 11.1 Å². The second-order valence-corrected chi connectivity index (χ2v) is 10.5. The molecular weight excluding hydrogens is 532 g/mol. The van der Waals surface area contributed by atoms with E-state index in [1.165, 1.54) is 0 Å². The van der Waals surface area contributed by atoms with Gasteiger partial charge >= 0.3 is 6.09 Å². The predicted molar refractivity (Wildman–Crippen MR) is 144 cm³/mol. The lowest BCUT2D eigenvalue weighted by Crippen LogP contribution is -2.37. The fourth-order valence-corrected chi connectivity index (χ4v) is 4.52.